The topological polar surface area (TPSA) is 32.3 Å². The van der Waals surface area contributed by atoms with Gasteiger partial charge in [-0.25, -0.2) is 0 Å². The summed E-state index contributed by atoms with van der Waals surface area (Å²) in [6.07, 6.45) is 6.72. The van der Waals surface area contributed by atoms with Crippen molar-refractivity contribution in [3.05, 3.63) is 0 Å². The highest BCUT2D eigenvalue weighted by atomic mass is 16.3. The zero-order chi connectivity index (χ0) is 12.0. The molecule has 96 valence electrons. The molecule has 1 atom stereocenters. The average Bonchev–Trinajstić information content (AvgIpc) is 2.78. The smallest absolute Gasteiger partial charge is 0.0471 e. The SMILES string of the molecule is CCC(CO)CNCC(C)(C)C1CCCC1. The molecule has 0 radical (unpaired) electrons. The predicted octanol–water partition coefficient (Wildman–Crippen LogP) is 2.81. The predicted molar refractivity (Wildman–Crippen MR) is 69.5 cm³/mol. The molecule has 2 N–H and O–H groups in total. The van der Waals surface area contributed by atoms with Gasteiger partial charge in [0.05, 0.1) is 0 Å². The summed E-state index contributed by atoms with van der Waals surface area (Å²) in [5.41, 5.74) is 0.421. The van der Waals surface area contributed by atoms with Gasteiger partial charge in [-0.05, 0) is 36.5 Å². The van der Waals surface area contributed by atoms with Gasteiger partial charge >= 0.3 is 0 Å². The van der Waals surface area contributed by atoms with Crippen LogP contribution < -0.4 is 5.32 Å². The number of nitrogens with one attached hydrogen (secondary N) is 1. The van der Waals surface area contributed by atoms with Gasteiger partial charge in [0, 0.05) is 19.7 Å². The molecule has 0 aromatic rings. The fourth-order valence-electron chi connectivity index (χ4n) is 2.79. The van der Waals surface area contributed by atoms with Gasteiger partial charge in [0.1, 0.15) is 0 Å². The Hall–Kier alpha value is -0.0800. The second kappa shape index (κ2) is 6.61. The number of aliphatic hydroxyl groups excluding tert-OH is 1. The van der Waals surface area contributed by atoms with E-state index >= 15 is 0 Å². The third-order valence-electron chi connectivity index (χ3n) is 4.31. The first-order valence-corrected chi connectivity index (χ1v) is 6.91. The summed E-state index contributed by atoms with van der Waals surface area (Å²) in [7, 11) is 0. The monoisotopic (exact) mass is 227 g/mol. The summed E-state index contributed by atoms with van der Waals surface area (Å²) in [6, 6.07) is 0. The van der Waals surface area contributed by atoms with Crippen LogP contribution in [0.4, 0.5) is 0 Å². The van der Waals surface area contributed by atoms with E-state index in [1.807, 2.05) is 0 Å². The summed E-state index contributed by atoms with van der Waals surface area (Å²) < 4.78 is 0. The molecule has 0 amide bonds. The Bertz CT molecular complexity index is 181. The molecule has 0 bridgehead atoms. The summed E-state index contributed by atoms with van der Waals surface area (Å²) in [6.45, 7) is 9.28. The average molecular weight is 227 g/mol. The molecule has 0 aliphatic heterocycles. The van der Waals surface area contributed by atoms with Crippen molar-refractivity contribution < 1.29 is 5.11 Å². The lowest BCUT2D eigenvalue weighted by Crippen LogP contribution is -2.37. The van der Waals surface area contributed by atoms with Gasteiger partial charge in [-0.3, -0.25) is 0 Å². The first-order chi connectivity index (χ1) is 7.60. The number of hydrogen-bond donors (Lipinski definition) is 2. The molecule has 0 saturated heterocycles. The lowest BCUT2D eigenvalue weighted by Gasteiger charge is -2.32. The lowest BCUT2D eigenvalue weighted by molar-refractivity contribution is 0.186. The maximum absolute atomic E-state index is 9.13. The van der Waals surface area contributed by atoms with Crippen molar-refractivity contribution in [2.45, 2.75) is 52.9 Å². The molecule has 0 heterocycles. The maximum Gasteiger partial charge on any atom is 0.0471 e. The van der Waals surface area contributed by atoms with E-state index in [9.17, 15) is 0 Å². The first kappa shape index (κ1) is 14.0. The van der Waals surface area contributed by atoms with E-state index in [4.69, 9.17) is 5.11 Å². The Morgan fingerprint density at radius 1 is 1.31 bits per heavy atom. The Morgan fingerprint density at radius 3 is 2.44 bits per heavy atom. The Balaban J connectivity index is 2.24. The highest BCUT2D eigenvalue weighted by Crippen LogP contribution is 2.38. The lowest BCUT2D eigenvalue weighted by atomic mass is 9.77. The standard InChI is InChI=1S/C14H29NO/c1-4-12(10-16)9-15-11-14(2,3)13-7-5-6-8-13/h12-13,15-16H,4-11H2,1-3H3. The van der Waals surface area contributed by atoms with Crippen LogP contribution in [0.3, 0.4) is 0 Å². The molecule has 1 aliphatic rings. The number of rotatable bonds is 7. The van der Waals surface area contributed by atoms with Crippen molar-refractivity contribution >= 4 is 0 Å². The van der Waals surface area contributed by atoms with Crippen molar-refractivity contribution in [1.82, 2.24) is 5.32 Å². The van der Waals surface area contributed by atoms with Crippen LogP contribution in [-0.4, -0.2) is 24.8 Å². The molecule has 1 saturated carbocycles. The van der Waals surface area contributed by atoms with E-state index in [2.05, 4.69) is 26.1 Å². The molecule has 0 spiro atoms. The third kappa shape index (κ3) is 4.06. The van der Waals surface area contributed by atoms with Gasteiger partial charge in [0.2, 0.25) is 0 Å². The van der Waals surface area contributed by atoms with E-state index in [1.54, 1.807) is 0 Å². The molecular formula is C14H29NO. The largest absolute Gasteiger partial charge is 0.396 e. The summed E-state index contributed by atoms with van der Waals surface area (Å²) in [5, 5.41) is 12.7. The summed E-state index contributed by atoms with van der Waals surface area (Å²) in [4.78, 5) is 0. The highest BCUT2D eigenvalue weighted by molar-refractivity contribution is 4.84. The summed E-state index contributed by atoms with van der Waals surface area (Å²) in [5.74, 6) is 1.33. The second-order valence-electron chi connectivity index (χ2n) is 6.06. The molecule has 1 unspecified atom stereocenters. The summed E-state index contributed by atoms with van der Waals surface area (Å²) >= 11 is 0. The quantitative estimate of drug-likeness (QED) is 0.701. The fraction of sp³-hybridized carbons (Fsp3) is 1.00. The molecule has 1 rings (SSSR count). The third-order valence-corrected chi connectivity index (χ3v) is 4.31. The molecule has 2 heteroatoms. The van der Waals surface area contributed by atoms with Crippen LogP contribution in [0.25, 0.3) is 0 Å². The zero-order valence-electron chi connectivity index (χ0n) is 11.3. The minimum atomic E-state index is 0.313. The molecule has 16 heavy (non-hydrogen) atoms. The molecule has 0 aromatic heterocycles. The van der Waals surface area contributed by atoms with Gasteiger partial charge in [-0.15, -0.1) is 0 Å². The van der Waals surface area contributed by atoms with Gasteiger partial charge in [0.15, 0.2) is 0 Å². The minimum absolute atomic E-state index is 0.313. The fourth-order valence-corrected chi connectivity index (χ4v) is 2.79. The van der Waals surface area contributed by atoms with Crippen LogP contribution in [0.2, 0.25) is 0 Å². The van der Waals surface area contributed by atoms with Crippen LogP contribution >= 0.6 is 0 Å². The maximum atomic E-state index is 9.13. The van der Waals surface area contributed by atoms with E-state index in [-0.39, 0.29) is 0 Å². The van der Waals surface area contributed by atoms with Crippen LogP contribution in [0.5, 0.6) is 0 Å². The minimum Gasteiger partial charge on any atom is -0.396 e. The number of aliphatic hydroxyl groups is 1. The Labute approximate surface area is 101 Å². The van der Waals surface area contributed by atoms with Crippen LogP contribution in [0.15, 0.2) is 0 Å². The highest BCUT2D eigenvalue weighted by Gasteiger charge is 2.31. The van der Waals surface area contributed by atoms with Crippen molar-refractivity contribution in [3.8, 4) is 0 Å². The molecule has 1 aliphatic carbocycles. The first-order valence-electron chi connectivity index (χ1n) is 6.91. The normalized spacial score (nSPS) is 20.2. The van der Waals surface area contributed by atoms with Crippen LogP contribution in [0.1, 0.15) is 52.9 Å². The second-order valence-corrected chi connectivity index (χ2v) is 6.06. The zero-order valence-corrected chi connectivity index (χ0v) is 11.3. The van der Waals surface area contributed by atoms with Gasteiger partial charge < -0.3 is 10.4 Å². The van der Waals surface area contributed by atoms with E-state index < -0.39 is 0 Å². The van der Waals surface area contributed by atoms with E-state index in [0.29, 0.717) is 17.9 Å². The van der Waals surface area contributed by atoms with Crippen LogP contribution in [0, 0.1) is 17.3 Å². The van der Waals surface area contributed by atoms with E-state index in [1.165, 1.54) is 25.7 Å². The van der Waals surface area contributed by atoms with Gasteiger partial charge in [-0.1, -0.05) is 33.6 Å². The van der Waals surface area contributed by atoms with Gasteiger partial charge in [0.25, 0.3) is 0 Å². The van der Waals surface area contributed by atoms with Crippen molar-refractivity contribution in [2.24, 2.45) is 17.3 Å². The molecule has 2 nitrogen and oxygen atoms in total. The molecular weight excluding hydrogens is 198 g/mol. The van der Waals surface area contributed by atoms with E-state index in [0.717, 1.165) is 25.4 Å². The number of hydrogen-bond acceptors (Lipinski definition) is 2. The van der Waals surface area contributed by atoms with Crippen LogP contribution in [-0.2, 0) is 0 Å². The Kier molecular flexibility index (Phi) is 5.77. The Morgan fingerprint density at radius 2 is 1.94 bits per heavy atom. The molecule has 1 fully saturated rings. The van der Waals surface area contributed by atoms with Crippen molar-refractivity contribution in [1.29, 1.82) is 0 Å². The molecule has 0 aromatic carbocycles. The van der Waals surface area contributed by atoms with Gasteiger partial charge in [-0.2, -0.15) is 0 Å². The van der Waals surface area contributed by atoms with Crippen molar-refractivity contribution in [2.75, 3.05) is 19.7 Å². The van der Waals surface area contributed by atoms with Crippen molar-refractivity contribution in [3.63, 3.8) is 0 Å².